The van der Waals surface area contributed by atoms with Crippen LogP contribution in [0.25, 0.3) is 0 Å². The SMILES string of the molecule is C#C/C=C(/C=O)C(=O)N(C)C. The number of likely N-dealkylation sites (N-methyl/N-ethyl adjacent to an activating group) is 1. The van der Waals surface area contributed by atoms with Crippen LogP contribution in [0.1, 0.15) is 0 Å². The second kappa shape index (κ2) is 4.29. The Morgan fingerprint density at radius 1 is 1.55 bits per heavy atom. The number of carbonyl (C=O) groups excluding carboxylic acids is 2. The van der Waals surface area contributed by atoms with Crippen molar-refractivity contribution in [2.45, 2.75) is 0 Å². The molecule has 0 aromatic carbocycles. The Morgan fingerprint density at radius 2 is 2.09 bits per heavy atom. The summed E-state index contributed by atoms with van der Waals surface area (Å²) >= 11 is 0. The topological polar surface area (TPSA) is 37.4 Å². The van der Waals surface area contributed by atoms with E-state index in [1.807, 2.05) is 0 Å². The van der Waals surface area contributed by atoms with E-state index >= 15 is 0 Å². The van der Waals surface area contributed by atoms with Crippen LogP contribution >= 0.6 is 0 Å². The molecule has 0 aromatic rings. The molecule has 0 saturated heterocycles. The molecule has 0 fully saturated rings. The van der Waals surface area contributed by atoms with E-state index < -0.39 is 0 Å². The van der Waals surface area contributed by atoms with Crippen molar-refractivity contribution < 1.29 is 9.59 Å². The minimum atomic E-state index is -0.377. The molecule has 0 aromatic heterocycles. The summed E-state index contributed by atoms with van der Waals surface area (Å²) in [7, 11) is 3.10. The van der Waals surface area contributed by atoms with Crippen molar-refractivity contribution in [3.05, 3.63) is 11.6 Å². The van der Waals surface area contributed by atoms with Crippen molar-refractivity contribution in [3.8, 4) is 12.3 Å². The second-order valence-electron chi connectivity index (χ2n) is 2.08. The Morgan fingerprint density at radius 3 is 2.36 bits per heavy atom. The molecule has 0 spiro atoms. The highest BCUT2D eigenvalue weighted by Gasteiger charge is 2.08. The summed E-state index contributed by atoms with van der Waals surface area (Å²) < 4.78 is 0. The first-order valence-electron chi connectivity index (χ1n) is 2.96. The number of carbonyl (C=O) groups is 2. The molecule has 3 nitrogen and oxygen atoms in total. The molecule has 0 unspecified atom stereocenters. The first kappa shape index (κ1) is 9.44. The highest BCUT2D eigenvalue weighted by atomic mass is 16.2. The number of terminal acetylenes is 1. The van der Waals surface area contributed by atoms with Gasteiger partial charge in [0.1, 0.15) is 0 Å². The van der Waals surface area contributed by atoms with Gasteiger partial charge in [0, 0.05) is 20.2 Å². The Bertz CT molecular complexity index is 233. The lowest BCUT2D eigenvalue weighted by Crippen LogP contribution is -2.23. The predicted octanol–water partition coefficient (Wildman–Crippen LogP) is -0.167. The minimum absolute atomic E-state index is 0.00231. The Labute approximate surface area is 65.7 Å². The molecule has 0 rings (SSSR count). The van der Waals surface area contributed by atoms with Crippen LogP contribution < -0.4 is 0 Å². The fraction of sp³-hybridized carbons (Fsp3) is 0.250. The van der Waals surface area contributed by atoms with E-state index in [0.717, 1.165) is 6.08 Å². The molecule has 0 bridgehead atoms. The first-order chi connectivity index (χ1) is 5.13. The number of amides is 1. The van der Waals surface area contributed by atoms with Crippen molar-refractivity contribution in [1.82, 2.24) is 4.90 Å². The van der Waals surface area contributed by atoms with Crippen molar-refractivity contribution in [1.29, 1.82) is 0 Å². The molecule has 1 amide bonds. The van der Waals surface area contributed by atoms with Gasteiger partial charge >= 0.3 is 0 Å². The van der Waals surface area contributed by atoms with Crippen LogP contribution in [0.5, 0.6) is 0 Å². The fourth-order valence-electron chi connectivity index (χ4n) is 0.494. The number of nitrogens with zero attached hydrogens (tertiary/aromatic N) is 1. The van der Waals surface area contributed by atoms with Gasteiger partial charge in [0.2, 0.25) is 0 Å². The lowest BCUT2D eigenvalue weighted by atomic mass is 10.2. The van der Waals surface area contributed by atoms with Gasteiger partial charge in [-0.15, -0.1) is 6.42 Å². The van der Waals surface area contributed by atoms with Gasteiger partial charge in [0.15, 0.2) is 6.29 Å². The van der Waals surface area contributed by atoms with Gasteiger partial charge in [-0.2, -0.15) is 0 Å². The summed E-state index contributed by atoms with van der Waals surface area (Å²) in [5.74, 6) is 1.74. The standard InChI is InChI=1S/C8H9NO2/c1-4-5-7(6-10)8(11)9(2)3/h1,5-6H,2-3H3/b7-5-. The predicted molar refractivity (Wildman–Crippen MR) is 41.7 cm³/mol. The molecular weight excluding hydrogens is 142 g/mol. The average molecular weight is 151 g/mol. The van der Waals surface area contributed by atoms with E-state index in [0.29, 0.717) is 6.29 Å². The number of hydrogen-bond donors (Lipinski definition) is 0. The lowest BCUT2D eigenvalue weighted by Gasteiger charge is -2.07. The minimum Gasteiger partial charge on any atom is -0.345 e. The Balaban J connectivity index is 4.56. The van der Waals surface area contributed by atoms with Crippen LogP contribution in [-0.4, -0.2) is 31.2 Å². The van der Waals surface area contributed by atoms with Crippen LogP contribution in [0.4, 0.5) is 0 Å². The third-order valence-corrected chi connectivity index (χ3v) is 1.02. The summed E-state index contributed by atoms with van der Waals surface area (Å²) in [5.41, 5.74) is -0.00231. The van der Waals surface area contributed by atoms with Crippen molar-refractivity contribution >= 4 is 12.2 Å². The largest absolute Gasteiger partial charge is 0.345 e. The van der Waals surface area contributed by atoms with Gasteiger partial charge in [-0.05, 0) is 0 Å². The van der Waals surface area contributed by atoms with E-state index in [1.165, 1.54) is 4.90 Å². The van der Waals surface area contributed by atoms with Crippen LogP contribution in [0, 0.1) is 12.3 Å². The molecule has 0 saturated carbocycles. The number of aldehydes is 1. The normalized spacial score (nSPS) is 10.1. The van der Waals surface area contributed by atoms with Crippen LogP contribution in [0.2, 0.25) is 0 Å². The molecule has 0 aliphatic rings. The van der Waals surface area contributed by atoms with Gasteiger partial charge in [-0.3, -0.25) is 9.59 Å². The maximum Gasteiger partial charge on any atom is 0.257 e. The monoisotopic (exact) mass is 151 g/mol. The summed E-state index contributed by atoms with van der Waals surface area (Å²) in [6.07, 6.45) is 6.48. The second-order valence-corrected chi connectivity index (χ2v) is 2.08. The third-order valence-electron chi connectivity index (χ3n) is 1.02. The molecule has 3 heteroatoms. The number of rotatable bonds is 2. The van der Waals surface area contributed by atoms with E-state index in [4.69, 9.17) is 6.42 Å². The van der Waals surface area contributed by atoms with E-state index in [9.17, 15) is 9.59 Å². The highest BCUT2D eigenvalue weighted by molar-refractivity contribution is 6.10. The van der Waals surface area contributed by atoms with Crippen molar-refractivity contribution in [3.63, 3.8) is 0 Å². The number of hydrogen-bond acceptors (Lipinski definition) is 2. The van der Waals surface area contributed by atoms with Crippen LogP contribution in [0.15, 0.2) is 11.6 Å². The zero-order valence-corrected chi connectivity index (χ0v) is 6.50. The van der Waals surface area contributed by atoms with E-state index in [1.54, 1.807) is 14.1 Å². The Hall–Kier alpha value is -1.56. The van der Waals surface area contributed by atoms with Gasteiger partial charge in [0.25, 0.3) is 5.91 Å². The summed E-state index contributed by atoms with van der Waals surface area (Å²) in [5, 5.41) is 0. The molecule has 58 valence electrons. The van der Waals surface area contributed by atoms with Crippen molar-refractivity contribution in [2.24, 2.45) is 0 Å². The number of allylic oxidation sites excluding steroid dienone is 1. The average Bonchev–Trinajstić information content (AvgIpc) is 1.98. The molecule has 0 N–H and O–H groups in total. The highest BCUT2D eigenvalue weighted by Crippen LogP contribution is 1.93. The van der Waals surface area contributed by atoms with Crippen LogP contribution in [-0.2, 0) is 9.59 Å². The molecule has 0 aliphatic heterocycles. The molecule has 0 radical (unpaired) electrons. The summed E-state index contributed by atoms with van der Waals surface area (Å²) in [6, 6.07) is 0. The zero-order valence-electron chi connectivity index (χ0n) is 6.50. The molecule has 0 aliphatic carbocycles. The first-order valence-corrected chi connectivity index (χ1v) is 2.96. The Kier molecular flexibility index (Phi) is 3.68. The molecule has 0 heterocycles. The van der Waals surface area contributed by atoms with Gasteiger partial charge in [-0.1, -0.05) is 5.92 Å². The smallest absolute Gasteiger partial charge is 0.257 e. The van der Waals surface area contributed by atoms with Crippen molar-refractivity contribution in [2.75, 3.05) is 14.1 Å². The maximum absolute atomic E-state index is 11.0. The van der Waals surface area contributed by atoms with Gasteiger partial charge in [-0.25, -0.2) is 0 Å². The molecule has 0 atom stereocenters. The quantitative estimate of drug-likeness (QED) is 0.181. The van der Waals surface area contributed by atoms with Crippen LogP contribution in [0.3, 0.4) is 0 Å². The van der Waals surface area contributed by atoms with Gasteiger partial charge in [0.05, 0.1) is 5.57 Å². The van der Waals surface area contributed by atoms with Gasteiger partial charge < -0.3 is 4.90 Å². The zero-order chi connectivity index (χ0) is 8.85. The third kappa shape index (κ3) is 2.67. The molecule has 11 heavy (non-hydrogen) atoms. The lowest BCUT2D eigenvalue weighted by molar-refractivity contribution is -0.125. The van der Waals surface area contributed by atoms with E-state index in [2.05, 4.69) is 5.92 Å². The molecular formula is C8H9NO2. The summed E-state index contributed by atoms with van der Waals surface area (Å²) in [6.45, 7) is 0. The summed E-state index contributed by atoms with van der Waals surface area (Å²) in [4.78, 5) is 22.5. The van der Waals surface area contributed by atoms with E-state index in [-0.39, 0.29) is 11.5 Å². The maximum atomic E-state index is 11.0. The fourth-order valence-corrected chi connectivity index (χ4v) is 0.494.